The molecule has 0 bridgehead atoms. The number of amides is 3. The lowest BCUT2D eigenvalue weighted by molar-refractivity contribution is -0.144. The maximum atomic E-state index is 13.2. The molecule has 2 rings (SSSR count). The van der Waals surface area contributed by atoms with Crippen molar-refractivity contribution in [2.45, 2.75) is 69.1 Å². The summed E-state index contributed by atoms with van der Waals surface area (Å²) in [5.74, 6) is -6.85. The Morgan fingerprint density at radius 2 is 1.44 bits per heavy atom. The quantitative estimate of drug-likeness (QED) is 0.0976. The number of unbranched alkanes of at least 4 members (excludes halogenated alkanes) is 1. The Bertz CT molecular complexity index is 1250. The Kier molecular flexibility index (Phi) is 12.7. The summed E-state index contributed by atoms with van der Waals surface area (Å²) >= 11 is 0. The fraction of sp³-hybridized carbons (Fsp3) is 0.462. The third-order valence-electron chi connectivity index (χ3n) is 6.31. The molecule has 2 aromatic rings. The molecule has 0 spiro atoms. The number of benzene rings is 1. The SMILES string of the molecule is NCCCCC(N)C(=O)NC(CC(=O)O)C(=O)NC(Cc1c[nH]c2ccccc12)C(=O)NC(CCC(=O)O)C(=O)O. The van der Waals surface area contributed by atoms with Crippen LogP contribution in [0.15, 0.2) is 30.5 Å². The zero-order valence-electron chi connectivity index (χ0n) is 22.3. The van der Waals surface area contributed by atoms with Gasteiger partial charge < -0.3 is 47.7 Å². The molecule has 0 fully saturated rings. The summed E-state index contributed by atoms with van der Waals surface area (Å²) in [5, 5.41) is 35.4. The zero-order valence-corrected chi connectivity index (χ0v) is 22.3. The molecule has 0 aliphatic rings. The topological polar surface area (TPSA) is 267 Å². The first-order chi connectivity index (χ1) is 19.4. The second-order valence-corrected chi connectivity index (χ2v) is 9.51. The van der Waals surface area contributed by atoms with Crippen LogP contribution in [-0.2, 0) is 35.2 Å². The number of carboxylic acids is 3. The van der Waals surface area contributed by atoms with Crippen LogP contribution in [0.4, 0.5) is 0 Å². The highest BCUT2D eigenvalue weighted by atomic mass is 16.4. The molecule has 0 aliphatic carbocycles. The number of rotatable bonds is 18. The number of fused-ring (bicyclic) bond motifs is 1. The Balaban J connectivity index is 2.29. The molecule has 4 unspecified atom stereocenters. The number of para-hydroxylation sites is 1. The lowest BCUT2D eigenvalue weighted by Gasteiger charge is -2.24. The lowest BCUT2D eigenvalue weighted by atomic mass is 10.0. The van der Waals surface area contributed by atoms with Crippen molar-refractivity contribution in [1.82, 2.24) is 20.9 Å². The van der Waals surface area contributed by atoms with Crippen LogP contribution in [0.5, 0.6) is 0 Å². The van der Waals surface area contributed by atoms with E-state index in [2.05, 4.69) is 20.9 Å². The van der Waals surface area contributed by atoms with Crippen LogP contribution in [-0.4, -0.2) is 86.6 Å². The Labute approximate surface area is 235 Å². The average molecular weight is 577 g/mol. The zero-order chi connectivity index (χ0) is 30.5. The highest BCUT2D eigenvalue weighted by molar-refractivity contribution is 5.96. The first-order valence-electron chi connectivity index (χ1n) is 13.0. The molecule has 15 nitrogen and oxygen atoms in total. The summed E-state index contributed by atoms with van der Waals surface area (Å²) in [6.07, 6.45) is 1.12. The van der Waals surface area contributed by atoms with E-state index in [0.29, 0.717) is 24.9 Å². The van der Waals surface area contributed by atoms with Crippen LogP contribution >= 0.6 is 0 Å². The largest absolute Gasteiger partial charge is 0.481 e. The van der Waals surface area contributed by atoms with Gasteiger partial charge in [0.05, 0.1) is 12.5 Å². The third kappa shape index (κ3) is 10.5. The van der Waals surface area contributed by atoms with E-state index in [-0.39, 0.29) is 12.8 Å². The van der Waals surface area contributed by atoms with Gasteiger partial charge in [-0.25, -0.2) is 4.79 Å². The van der Waals surface area contributed by atoms with Crippen LogP contribution in [0, 0.1) is 0 Å². The molecule has 41 heavy (non-hydrogen) atoms. The van der Waals surface area contributed by atoms with Crippen LogP contribution in [0.2, 0.25) is 0 Å². The molecule has 0 saturated heterocycles. The molecule has 224 valence electrons. The smallest absolute Gasteiger partial charge is 0.326 e. The van der Waals surface area contributed by atoms with Crippen molar-refractivity contribution in [1.29, 1.82) is 0 Å². The first kappa shape index (κ1) is 32.7. The van der Waals surface area contributed by atoms with Gasteiger partial charge in [0, 0.05) is 29.9 Å². The molecular formula is C26H36N6O9. The monoisotopic (exact) mass is 576 g/mol. The normalized spacial score (nSPS) is 13.9. The van der Waals surface area contributed by atoms with E-state index in [1.54, 1.807) is 30.5 Å². The van der Waals surface area contributed by atoms with E-state index in [1.807, 2.05) is 0 Å². The minimum atomic E-state index is -1.60. The molecule has 11 N–H and O–H groups in total. The fourth-order valence-corrected chi connectivity index (χ4v) is 4.10. The van der Waals surface area contributed by atoms with E-state index < -0.39 is 79.1 Å². The number of carboxylic acid groups (broad SMARTS) is 3. The number of hydrogen-bond donors (Lipinski definition) is 9. The van der Waals surface area contributed by atoms with E-state index in [9.17, 15) is 39.0 Å². The molecule has 4 atom stereocenters. The Morgan fingerprint density at radius 3 is 2.07 bits per heavy atom. The van der Waals surface area contributed by atoms with Gasteiger partial charge in [0.15, 0.2) is 0 Å². The number of nitrogens with one attached hydrogen (secondary N) is 4. The maximum absolute atomic E-state index is 13.2. The van der Waals surface area contributed by atoms with Crippen molar-refractivity contribution in [3.63, 3.8) is 0 Å². The molecule has 1 heterocycles. The predicted octanol–water partition coefficient (Wildman–Crippen LogP) is -0.955. The second-order valence-electron chi connectivity index (χ2n) is 9.51. The average Bonchev–Trinajstić information content (AvgIpc) is 3.32. The lowest BCUT2D eigenvalue weighted by Crippen LogP contribution is -2.58. The van der Waals surface area contributed by atoms with Crippen LogP contribution in [0.25, 0.3) is 10.9 Å². The maximum Gasteiger partial charge on any atom is 0.326 e. The van der Waals surface area contributed by atoms with Gasteiger partial charge in [-0.3, -0.25) is 24.0 Å². The van der Waals surface area contributed by atoms with Crippen molar-refractivity contribution in [3.8, 4) is 0 Å². The van der Waals surface area contributed by atoms with Gasteiger partial charge in [-0.1, -0.05) is 24.6 Å². The van der Waals surface area contributed by atoms with E-state index in [1.165, 1.54) is 0 Å². The molecular weight excluding hydrogens is 540 g/mol. The highest BCUT2D eigenvalue weighted by Crippen LogP contribution is 2.19. The van der Waals surface area contributed by atoms with Gasteiger partial charge in [-0.05, 0) is 37.4 Å². The molecule has 1 aromatic heterocycles. The van der Waals surface area contributed by atoms with Crippen molar-refractivity contribution in [2.24, 2.45) is 11.5 Å². The molecule has 0 aliphatic heterocycles. The third-order valence-corrected chi connectivity index (χ3v) is 6.31. The summed E-state index contributed by atoms with van der Waals surface area (Å²) in [5.41, 5.74) is 12.6. The van der Waals surface area contributed by atoms with Gasteiger partial charge in [0.1, 0.15) is 18.1 Å². The predicted molar refractivity (Wildman–Crippen MR) is 145 cm³/mol. The summed E-state index contributed by atoms with van der Waals surface area (Å²) < 4.78 is 0. The summed E-state index contributed by atoms with van der Waals surface area (Å²) in [4.78, 5) is 76.1. The summed E-state index contributed by atoms with van der Waals surface area (Å²) in [6, 6.07) is 1.49. The van der Waals surface area contributed by atoms with Gasteiger partial charge in [0.2, 0.25) is 17.7 Å². The minimum absolute atomic E-state index is 0.140. The summed E-state index contributed by atoms with van der Waals surface area (Å²) in [7, 11) is 0. The number of H-pyrrole nitrogens is 1. The number of hydrogen-bond acceptors (Lipinski definition) is 8. The van der Waals surface area contributed by atoms with E-state index >= 15 is 0 Å². The molecule has 0 radical (unpaired) electrons. The van der Waals surface area contributed by atoms with Crippen LogP contribution in [0.3, 0.4) is 0 Å². The van der Waals surface area contributed by atoms with Gasteiger partial charge in [-0.15, -0.1) is 0 Å². The standard InChI is InChI=1S/C26H36N6O9/c27-10-4-3-6-16(28)23(37)31-20(12-22(35)36)25(39)32-19(11-14-13-29-17-7-2-1-5-15(14)17)24(38)30-18(26(40)41)8-9-21(33)34/h1-2,5,7,13,16,18-20,29H,3-4,6,8-12,27-28H2,(H,30,38)(H,31,37)(H,32,39)(H,33,34)(H,35,36)(H,40,41). The van der Waals surface area contributed by atoms with E-state index in [4.69, 9.17) is 16.6 Å². The van der Waals surface area contributed by atoms with Gasteiger partial charge in [0.25, 0.3) is 0 Å². The second kappa shape index (κ2) is 15.9. The molecule has 3 amide bonds. The fourth-order valence-electron chi connectivity index (χ4n) is 4.10. The number of carbonyl (C=O) groups is 6. The number of aliphatic carboxylic acids is 3. The molecule has 1 aromatic carbocycles. The number of carbonyl (C=O) groups excluding carboxylic acids is 3. The molecule has 15 heteroatoms. The Hall–Kier alpha value is -4.50. The number of nitrogens with two attached hydrogens (primary N) is 2. The van der Waals surface area contributed by atoms with E-state index in [0.717, 1.165) is 10.9 Å². The van der Waals surface area contributed by atoms with Crippen molar-refractivity contribution < 1.29 is 44.1 Å². The Morgan fingerprint density at radius 1 is 0.805 bits per heavy atom. The number of aromatic amines is 1. The van der Waals surface area contributed by atoms with Crippen LogP contribution < -0.4 is 27.4 Å². The number of aromatic nitrogens is 1. The van der Waals surface area contributed by atoms with Crippen molar-refractivity contribution in [2.75, 3.05) is 6.54 Å². The first-order valence-corrected chi connectivity index (χ1v) is 13.0. The van der Waals surface area contributed by atoms with Gasteiger partial charge >= 0.3 is 17.9 Å². The minimum Gasteiger partial charge on any atom is -0.481 e. The highest BCUT2D eigenvalue weighted by Gasteiger charge is 2.32. The van der Waals surface area contributed by atoms with Crippen molar-refractivity contribution >= 4 is 46.5 Å². The van der Waals surface area contributed by atoms with Crippen molar-refractivity contribution in [3.05, 3.63) is 36.0 Å². The van der Waals surface area contributed by atoms with Gasteiger partial charge in [-0.2, -0.15) is 0 Å². The van der Waals surface area contributed by atoms with Crippen LogP contribution in [0.1, 0.15) is 44.1 Å². The summed E-state index contributed by atoms with van der Waals surface area (Å²) in [6.45, 7) is 0.400. The molecule has 0 saturated carbocycles.